The number of nitrogens with zero attached hydrogens (tertiary/aromatic N) is 1. The van der Waals surface area contributed by atoms with E-state index < -0.39 is 0 Å². The maximum Gasteiger partial charge on any atom is 0.270 e. The third kappa shape index (κ3) is 4.31. The van der Waals surface area contributed by atoms with Crippen LogP contribution in [-0.2, 0) is 4.74 Å². The predicted octanol–water partition coefficient (Wildman–Crippen LogP) is 0.912. The van der Waals surface area contributed by atoms with E-state index in [9.17, 15) is 4.79 Å². The monoisotopic (exact) mass is 252 g/mol. The van der Waals surface area contributed by atoms with Gasteiger partial charge >= 0.3 is 0 Å². The van der Waals surface area contributed by atoms with Crippen LogP contribution in [-0.4, -0.2) is 30.6 Å². The number of anilines is 1. The highest BCUT2D eigenvalue weighted by Crippen LogP contribution is 2.04. The van der Waals surface area contributed by atoms with Crippen LogP contribution in [0.1, 0.15) is 30.3 Å². The van der Waals surface area contributed by atoms with Gasteiger partial charge in [0.05, 0.1) is 12.6 Å². The molecule has 1 aromatic heterocycles. The van der Waals surface area contributed by atoms with Crippen LogP contribution in [0.5, 0.6) is 0 Å². The highest BCUT2D eigenvalue weighted by Gasteiger charge is 2.14. The molecule has 1 aromatic rings. The van der Waals surface area contributed by atoms with Crippen LogP contribution in [0.25, 0.3) is 0 Å². The molecular weight excluding hydrogens is 232 g/mol. The SMILES string of the molecule is CCCC(COC)NC(=O)c1cccc(NN)n1. The first-order chi connectivity index (χ1) is 8.71. The Morgan fingerprint density at radius 3 is 2.94 bits per heavy atom. The molecule has 1 unspecified atom stereocenters. The maximum absolute atomic E-state index is 12.0. The van der Waals surface area contributed by atoms with Gasteiger partial charge in [0.2, 0.25) is 0 Å². The number of carbonyl (C=O) groups is 1. The van der Waals surface area contributed by atoms with Crippen molar-refractivity contribution < 1.29 is 9.53 Å². The van der Waals surface area contributed by atoms with Crippen LogP contribution in [0.15, 0.2) is 18.2 Å². The van der Waals surface area contributed by atoms with Crippen LogP contribution >= 0.6 is 0 Å². The lowest BCUT2D eigenvalue weighted by Crippen LogP contribution is -2.38. The minimum absolute atomic E-state index is 0.00351. The Balaban J connectivity index is 2.67. The zero-order valence-electron chi connectivity index (χ0n) is 10.8. The molecule has 1 heterocycles. The average molecular weight is 252 g/mol. The first kappa shape index (κ1) is 14.4. The molecule has 18 heavy (non-hydrogen) atoms. The van der Waals surface area contributed by atoms with Crippen molar-refractivity contribution >= 4 is 11.7 Å². The number of ether oxygens (including phenoxy) is 1. The second-order valence-electron chi connectivity index (χ2n) is 3.97. The van der Waals surface area contributed by atoms with Gasteiger partial charge in [0.15, 0.2) is 0 Å². The molecule has 0 aliphatic carbocycles. The van der Waals surface area contributed by atoms with Gasteiger partial charge in [-0.25, -0.2) is 10.8 Å². The lowest BCUT2D eigenvalue weighted by atomic mass is 10.1. The molecule has 1 rings (SSSR count). The van der Waals surface area contributed by atoms with E-state index in [1.165, 1.54) is 0 Å². The van der Waals surface area contributed by atoms with Gasteiger partial charge < -0.3 is 15.5 Å². The highest BCUT2D eigenvalue weighted by atomic mass is 16.5. The summed E-state index contributed by atoms with van der Waals surface area (Å²) >= 11 is 0. The topological polar surface area (TPSA) is 89.3 Å². The Bertz CT molecular complexity index is 378. The summed E-state index contributed by atoms with van der Waals surface area (Å²) in [6, 6.07) is 5.06. The maximum atomic E-state index is 12.0. The number of methoxy groups -OCH3 is 1. The van der Waals surface area contributed by atoms with Crippen molar-refractivity contribution in [1.29, 1.82) is 0 Å². The van der Waals surface area contributed by atoms with Crippen molar-refractivity contribution in [3.63, 3.8) is 0 Å². The second kappa shape index (κ2) is 7.62. The number of amides is 1. The Hall–Kier alpha value is -1.66. The number of nitrogens with one attached hydrogen (secondary N) is 2. The van der Waals surface area contributed by atoms with Gasteiger partial charge in [0.25, 0.3) is 5.91 Å². The predicted molar refractivity (Wildman–Crippen MR) is 70.1 cm³/mol. The molecule has 6 heteroatoms. The Labute approximate surface area is 107 Å². The Morgan fingerprint density at radius 2 is 2.33 bits per heavy atom. The van der Waals surface area contributed by atoms with E-state index in [2.05, 4.69) is 22.7 Å². The van der Waals surface area contributed by atoms with Gasteiger partial charge in [0.1, 0.15) is 11.5 Å². The van der Waals surface area contributed by atoms with E-state index in [0.29, 0.717) is 18.1 Å². The van der Waals surface area contributed by atoms with Gasteiger partial charge in [-0.2, -0.15) is 0 Å². The van der Waals surface area contributed by atoms with Gasteiger partial charge in [-0.3, -0.25) is 4.79 Å². The van der Waals surface area contributed by atoms with Crippen molar-refractivity contribution in [2.24, 2.45) is 5.84 Å². The lowest BCUT2D eigenvalue weighted by molar-refractivity contribution is 0.0887. The largest absolute Gasteiger partial charge is 0.383 e. The molecule has 1 amide bonds. The molecule has 0 saturated carbocycles. The molecule has 0 aliphatic rings. The number of nitrogens with two attached hydrogens (primary N) is 1. The third-order valence-electron chi connectivity index (χ3n) is 2.47. The minimum Gasteiger partial charge on any atom is -0.383 e. The number of hydrogen-bond acceptors (Lipinski definition) is 5. The van der Waals surface area contributed by atoms with Crippen LogP contribution in [0, 0.1) is 0 Å². The first-order valence-electron chi connectivity index (χ1n) is 5.94. The summed E-state index contributed by atoms with van der Waals surface area (Å²) in [6.45, 7) is 2.56. The molecule has 0 aromatic carbocycles. The van der Waals surface area contributed by atoms with Gasteiger partial charge in [-0.15, -0.1) is 0 Å². The number of rotatable bonds is 7. The molecule has 0 radical (unpaired) electrons. The van der Waals surface area contributed by atoms with Gasteiger partial charge in [-0.05, 0) is 18.6 Å². The van der Waals surface area contributed by atoms with Crippen molar-refractivity contribution in [3.8, 4) is 0 Å². The van der Waals surface area contributed by atoms with Crippen LogP contribution in [0.2, 0.25) is 0 Å². The zero-order valence-corrected chi connectivity index (χ0v) is 10.8. The summed E-state index contributed by atoms with van der Waals surface area (Å²) in [5.74, 6) is 5.49. The summed E-state index contributed by atoms with van der Waals surface area (Å²) in [5, 5.41) is 2.89. The molecule has 1 atom stereocenters. The van der Waals surface area contributed by atoms with Crippen molar-refractivity contribution in [3.05, 3.63) is 23.9 Å². The summed E-state index contributed by atoms with van der Waals surface area (Å²) in [5.41, 5.74) is 2.75. The molecule has 0 bridgehead atoms. The van der Waals surface area contributed by atoms with Crippen molar-refractivity contribution in [1.82, 2.24) is 10.3 Å². The van der Waals surface area contributed by atoms with Crippen LogP contribution in [0.4, 0.5) is 5.82 Å². The highest BCUT2D eigenvalue weighted by molar-refractivity contribution is 5.92. The molecular formula is C12H20N4O2. The number of nitrogen functional groups attached to an aromatic ring is 1. The summed E-state index contributed by atoms with van der Waals surface area (Å²) in [6.07, 6.45) is 1.85. The molecule has 0 fully saturated rings. The number of aromatic nitrogens is 1. The van der Waals surface area contributed by atoms with E-state index in [-0.39, 0.29) is 11.9 Å². The molecule has 0 spiro atoms. The smallest absolute Gasteiger partial charge is 0.270 e. The Morgan fingerprint density at radius 1 is 1.56 bits per heavy atom. The molecule has 6 nitrogen and oxygen atoms in total. The molecule has 0 saturated heterocycles. The van der Waals surface area contributed by atoms with Crippen molar-refractivity contribution in [2.45, 2.75) is 25.8 Å². The summed E-state index contributed by atoms with van der Waals surface area (Å²) in [4.78, 5) is 16.1. The Kier molecular flexibility index (Phi) is 6.10. The number of carbonyl (C=O) groups excluding carboxylic acids is 1. The van der Waals surface area contributed by atoms with Crippen LogP contribution < -0.4 is 16.6 Å². The molecule has 4 N–H and O–H groups in total. The fraction of sp³-hybridized carbons (Fsp3) is 0.500. The normalized spacial score (nSPS) is 11.9. The standard InChI is InChI=1S/C12H20N4O2/c1-3-5-9(8-18-2)14-12(17)10-6-4-7-11(15-10)16-13/h4,6-7,9H,3,5,8,13H2,1-2H3,(H,14,17)(H,15,16). The lowest BCUT2D eigenvalue weighted by Gasteiger charge is -2.16. The molecule has 100 valence electrons. The van der Waals surface area contributed by atoms with Gasteiger partial charge in [0, 0.05) is 7.11 Å². The molecule has 0 aliphatic heterocycles. The quantitative estimate of drug-likeness (QED) is 0.496. The second-order valence-corrected chi connectivity index (χ2v) is 3.97. The third-order valence-corrected chi connectivity index (χ3v) is 2.47. The number of hydrazine groups is 1. The van der Waals surface area contributed by atoms with Crippen LogP contribution in [0.3, 0.4) is 0 Å². The van der Waals surface area contributed by atoms with E-state index in [1.807, 2.05) is 0 Å². The van der Waals surface area contributed by atoms with E-state index >= 15 is 0 Å². The zero-order chi connectivity index (χ0) is 13.4. The fourth-order valence-corrected chi connectivity index (χ4v) is 1.65. The number of hydrogen-bond donors (Lipinski definition) is 3. The van der Waals surface area contributed by atoms with E-state index in [1.54, 1.807) is 25.3 Å². The minimum atomic E-state index is -0.220. The van der Waals surface area contributed by atoms with Gasteiger partial charge in [-0.1, -0.05) is 19.4 Å². The number of pyridine rings is 1. The fourth-order valence-electron chi connectivity index (χ4n) is 1.65. The van der Waals surface area contributed by atoms with Crippen molar-refractivity contribution in [2.75, 3.05) is 19.1 Å². The summed E-state index contributed by atoms with van der Waals surface area (Å²) < 4.78 is 5.07. The van der Waals surface area contributed by atoms with E-state index in [0.717, 1.165) is 12.8 Å². The summed E-state index contributed by atoms with van der Waals surface area (Å²) in [7, 11) is 1.62. The van der Waals surface area contributed by atoms with E-state index in [4.69, 9.17) is 10.6 Å². The average Bonchev–Trinajstić information content (AvgIpc) is 2.39. The first-order valence-corrected chi connectivity index (χ1v) is 5.94.